The van der Waals surface area contributed by atoms with Crippen molar-refractivity contribution in [2.75, 3.05) is 39.4 Å². The van der Waals surface area contributed by atoms with Crippen LogP contribution in [0.25, 0.3) is 4.96 Å². The summed E-state index contributed by atoms with van der Waals surface area (Å²) in [7, 11) is 0. The molecule has 2 aromatic heterocycles. The van der Waals surface area contributed by atoms with E-state index in [-0.39, 0.29) is 0 Å². The standard InChI is InChI=1S/C13H21N5O2S/c1-10-17-18-6-11(16-12(18)21-10)2-3-14-7-13(19)8-15-4-5-20-9-13/h6,14-15,19H,2-5,7-9H2,1H3/t13-/m0/s1. The molecule has 21 heavy (non-hydrogen) atoms. The Hall–Kier alpha value is -1.06. The summed E-state index contributed by atoms with van der Waals surface area (Å²) in [5, 5.41) is 22.2. The van der Waals surface area contributed by atoms with Gasteiger partial charge in [-0.3, -0.25) is 0 Å². The van der Waals surface area contributed by atoms with Crippen LogP contribution in [0.5, 0.6) is 0 Å². The molecule has 1 saturated heterocycles. The van der Waals surface area contributed by atoms with Gasteiger partial charge in [-0.1, -0.05) is 11.3 Å². The molecule has 0 bridgehead atoms. The fourth-order valence-corrected chi connectivity index (χ4v) is 3.14. The molecule has 1 fully saturated rings. The first-order chi connectivity index (χ1) is 10.1. The lowest BCUT2D eigenvalue weighted by Crippen LogP contribution is -2.50. The van der Waals surface area contributed by atoms with Gasteiger partial charge >= 0.3 is 0 Å². The second-order valence-corrected chi connectivity index (χ2v) is 6.62. The van der Waals surface area contributed by atoms with E-state index in [1.165, 1.54) is 0 Å². The zero-order valence-electron chi connectivity index (χ0n) is 12.1. The second kappa shape index (κ2) is 6.37. The topological polar surface area (TPSA) is 83.7 Å². The number of rotatable bonds is 5. The average molecular weight is 311 g/mol. The van der Waals surface area contributed by atoms with Crippen LogP contribution < -0.4 is 10.6 Å². The second-order valence-electron chi connectivity index (χ2n) is 5.46. The molecule has 0 saturated carbocycles. The van der Waals surface area contributed by atoms with Crippen LogP contribution >= 0.6 is 11.3 Å². The third kappa shape index (κ3) is 3.78. The number of fused-ring (bicyclic) bond motifs is 1. The number of ether oxygens (including phenoxy) is 1. The van der Waals surface area contributed by atoms with Gasteiger partial charge in [-0.15, -0.1) is 0 Å². The first-order valence-corrected chi connectivity index (χ1v) is 8.00. The van der Waals surface area contributed by atoms with Gasteiger partial charge in [-0.2, -0.15) is 5.10 Å². The molecule has 1 atom stereocenters. The van der Waals surface area contributed by atoms with Gasteiger partial charge in [-0.25, -0.2) is 9.50 Å². The molecule has 1 aliphatic heterocycles. The Labute approximate surface area is 127 Å². The van der Waals surface area contributed by atoms with Crippen molar-refractivity contribution in [1.29, 1.82) is 0 Å². The zero-order chi connectivity index (χ0) is 14.7. The van der Waals surface area contributed by atoms with Crippen LogP contribution in [0.4, 0.5) is 0 Å². The molecule has 3 N–H and O–H groups in total. The summed E-state index contributed by atoms with van der Waals surface area (Å²) < 4.78 is 7.22. The summed E-state index contributed by atoms with van der Waals surface area (Å²) in [5.41, 5.74) is 0.187. The minimum Gasteiger partial charge on any atom is -0.385 e. The molecule has 2 aromatic rings. The fraction of sp³-hybridized carbons (Fsp3) is 0.692. The van der Waals surface area contributed by atoms with Gasteiger partial charge in [0.2, 0.25) is 4.96 Å². The quantitative estimate of drug-likeness (QED) is 0.651. The van der Waals surface area contributed by atoms with Crippen LogP contribution in [0.15, 0.2) is 6.20 Å². The van der Waals surface area contributed by atoms with Gasteiger partial charge in [0.25, 0.3) is 0 Å². The SMILES string of the molecule is Cc1nn2cc(CCNC[C@]3(O)CNCCOC3)nc2s1. The van der Waals surface area contributed by atoms with Crippen LogP contribution in [0, 0.1) is 6.92 Å². The van der Waals surface area contributed by atoms with Gasteiger partial charge in [0.05, 0.1) is 25.1 Å². The number of nitrogens with zero attached hydrogens (tertiary/aromatic N) is 3. The Morgan fingerprint density at radius 2 is 2.52 bits per heavy atom. The summed E-state index contributed by atoms with van der Waals surface area (Å²) in [6.07, 6.45) is 2.78. The zero-order valence-corrected chi connectivity index (χ0v) is 12.9. The van der Waals surface area contributed by atoms with Crippen molar-refractivity contribution in [3.63, 3.8) is 0 Å². The van der Waals surface area contributed by atoms with Crippen molar-refractivity contribution < 1.29 is 9.84 Å². The summed E-state index contributed by atoms with van der Waals surface area (Å²) in [4.78, 5) is 5.46. The number of aliphatic hydroxyl groups is 1. The van der Waals surface area contributed by atoms with E-state index in [4.69, 9.17) is 4.74 Å². The van der Waals surface area contributed by atoms with Gasteiger partial charge in [0.1, 0.15) is 10.6 Å². The molecule has 0 aliphatic carbocycles. The van der Waals surface area contributed by atoms with Crippen molar-refractivity contribution >= 4 is 16.3 Å². The van der Waals surface area contributed by atoms with Crippen LogP contribution in [-0.2, 0) is 11.2 Å². The average Bonchev–Trinajstić information content (AvgIpc) is 2.86. The number of hydrogen-bond acceptors (Lipinski definition) is 7. The number of β-amino-alcohol motifs (C(OH)–C–C–N with tert-alkyl or cyclic N) is 1. The monoisotopic (exact) mass is 311 g/mol. The van der Waals surface area contributed by atoms with Gasteiger partial charge in [0, 0.05) is 32.6 Å². The number of aromatic nitrogens is 3. The van der Waals surface area contributed by atoms with E-state index in [2.05, 4.69) is 20.7 Å². The Bertz CT molecular complexity index is 557. The fourth-order valence-electron chi connectivity index (χ4n) is 2.39. The maximum absolute atomic E-state index is 10.4. The highest BCUT2D eigenvalue weighted by atomic mass is 32.1. The minimum absolute atomic E-state index is 0.371. The van der Waals surface area contributed by atoms with Crippen molar-refractivity contribution in [2.45, 2.75) is 18.9 Å². The Balaban J connectivity index is 1.45. The van der Waals surface area contributed by atoms with E-state index in [0.717, 1.165) is 35.2 Å². The molecular weight excluding hydrogens is 290 g/mol. The lowest BCUT2D eigenvalue weighted by molar-refractivity contribution is -0.0260. The maximum Gasteiger partial charge on any atom is 0.212 e. The highest BCUT2D eigenvalue weighted by molar-refractivity contribution is 7.16. The molecule has 1 aliphatic rings. The summed E-state index contributed by atoms with van der Waals surface area (Å²) in [5.74, 6) is 0. The molecule has 116 valence electrons. The molecule has 0 radical (unpaired) electrons. The number of aryl methyl sites for hydroxylation is 1. The van der Waals surface area contributed by atoms with Crippen LogP contribution in [-0.4, -0.2) is 64.7 Å². The third-order valence-corrected chi connectivity index (χ3v) is 4.29. The molecule has 3 heterocycles. The van der Waals surface area contributed by atoms with Crippen molar-refractivity contribution in [1.82, 2.24) is 25.2 Å². The van der Waals surface area contributed by atoms with E-state index in [0.29, 0.717) is 26.3 Å². The minimum atomic E-state index is -0.830. The first kappa shape index (κ1) is 14.9. The lowest BCUT2D eigenvalue weighted by Gasteiger charge is -2.26. The number of nitrogens with one attached hydrogen (secondary N) is 2. The molecule has 0 amide bonds. The van der Waals surface area contributed by atoms with E-state index < -0.39 is 5.60 Å². The molecule has 3 rings (SSSR count). The van der Waals surface area contributed by atoms with Crippen molar-refractivity contribution in [3.8, 4) is 0 Å². The number of hydrogen-bond donors (Lipinski definition) is 3. The van der Waals surface area contributed by atoms with E-state index >= 15 is 0 Å². The van der Waals surface area contributed by atoms with Gasteiger partial charge in [0.15, 0.2) is 0 Å². The molecule has 7 nitrogen and oxygen atoms in total. The van der Waals surface area contributed by atoms with Crippen LogP contribution in [0.1, 0.15) is 10.7 Å². The van der Waals surface area contributed by atoms with E-state index in [1.807, 2.05) is 17.6 Å². The van der Waals surface area contributed by atoms with Gasteiger partial charge in [-0.05, 0) is 6.92 Å². The summed E-state index contributed by atoms with van der Waals surface area (Å²) in [6, 6.07) is 0. The number of imidazole rings is 1. The molecule has 8 heteroatoms. The molecular formula is C13H21N5O2S. The van der Waals surface area contributed by atoms with E-state index in [1.54, 1.807) is 11.3 Å². The Morgan fingerprint density at radius 3 is 3.38 bits per heavy atom. The molecule has 0 spiro atoms. The van der Waals surface area contributed by atoms with E-state index in [9.17, 15) is 5.11 Å². The lowest BCUT2D eigenvalue weighted by atomic mass is 10.1. The Morgan fingerprint density at radius 1 is 1.62 bits per heavy atom. The predicted molar refractivity (Wildman–Crippen MR) is 80.8 cm³/mol. The largest absolute Gasteiger partial charge is 0.385 e. The highest BCUT2D eigenvalue weighted by Gasteiger charge is 2.28. The van der Waals surface area contributed by atoms with Crippen molar-refractivity contribution in [2.24, 2.45) is 0 Å². The third-order valence-electron chi connectivity index (χ3n) is 3.45. The summed E-state index contributed by atoms with van der Waals surface area (Å²) in [6.45, 7) is 5.63. The molecule has 0 aromatic carbocycles. The molecule has 0 unspecified atom stereocenters. The van der Waals surface area contributed by atoms with Crippen molar-refractivity contribution in [3.05, 3.63) is 16.9 Å². The smallest absolute Gasteiger partial charge is 0.212 e. The maximum atomic E-state index is 10.4. The first-order valence-electron chi connectivity index (χ1n) is 7.18. The normalized spacial score (nSPS) is 23.5. The van der Waals surface area contributed by atoms with Gasteiger partial charge < -0.3 is 20.5 Å². The summed E-state index contributed by atoms with van der Waals surface area (Å²) >= 11 is 1.59. The van der Waals surface area contributed by atoms with Crippen LogP contribution in [0.2, 0.25) is 0 Å². The highest BCUT2D eigenvalue weighted by Crippen LogP contribution is 2.13. The van der Waals surface area contributed by atoms with Crippen LogP contribution in [0.3, 0.4) is 0 Å². The Kier molecular flexibility index (Phi) is 4.51. The predicted octanol–water partition coefficient (Wildman–Crippen LogP) is -0.418.